The van der Waals surface area contributed by atoms with Crippen LogP contribution in [0.4, 0.5) is 4.39 Å². The number of hydrogen-bond acceptors (Lipinski definition) is 5. The van der Waals surface area contributed by atoms with E-state index in [-0.39, 0.29) is 23.5 Å². The molecule has 4 rings (SSSR count). The largest absolute Gasteiger partial charge is 0.337 e. The monoisotopic (exact) mass is 385 g/mol. The van der Waals surface area contributed by atoms with Crippen LogP contribution in [0.15, 0.2) is 29.4 Å². The van der Waals surface area contributed by atoms with Gasteiger partial charge in [0, 0.05) is 6.04 Å². The summed E-state index contributed by atoms with van der Waals surface area (Å²) in [6, 6.07) is 9.03. The van der Waals surface area contributed by atoms with E-state index in [4.69, 9.17) is 0 Å². The number of carbonyl (C=O) groups excluding carboxylic acids is 1. The van der Waals surface area contributed by atoms with Crippen molar-refractivity contribution < 1.29 is 9.18 Å². The third-order valence-corrected chi connectivity index (χ3v) is 6.02. The highest BCUT2D eigenvalue weighted by Crippen LogP contribution is 2.41. The van der Waals surface area contributed by atoms with Crippen LogP contribution in [0.1, 0.15) is 44.6 Å². The molecule has 2 fully saturated rings. The molecule has 2 aromatic rings. The van der Waals surface area contributed by atoms with E-state index in [0.717, 1.165) is 25.7 Å². The average Bonchev–Trinajstić information content (AvgIpc) is 3.25. The Kier molecular flexibility index (Phi) is 4.87. The van der Waals surface area contributed by atoms with Gasteiger partial charge in [-0.2, -0.15) is 5.26 Å². The Hall–Kier alpha value is -2.40. The standard InChI is InChI=1S/C19H20FN5OS/c20-15-6-2-1-5-14(15)17-23-24-18(25(17)13-7-8-13)27-11-16(26)22-19(12-21)9-3-4-10-19/h1-2,5-6,13H,3-4,7-11H2,(H,22,26). The molecule has 2 aliphatic carbocycles. The predicted octanol–water partition coefficient (Wildman–Crippen LogP) is 3.46. The zero-order valence-electron chi connectivity index (χ0n) is 14.8. The third-order valence-electron chi connectivity index (χ3n) is 5.07. The SMILES string of the molecule is N#CC1(NC(=O)CSc2nnc(-c3ccccc3F)n2C2CC2)CCCC1. The Morgan fingerprint density at radius 3 is 2.74 bits per heavy atom. The summed E-state index contributed by atoms with van der Waals surface area (Å²) >= 11 is 1.28. The number of rotatable bonds is 6. The van der Waals surface area contributed by atoms with Gasteiger partial charge in [0.05, 0.1) is 17.4 Å². The van der Waals surface area contributed by atoms with Crippen LogP contribution < -0.4 is 5.32 Å². The van der Waals surface area contributed by atoms with Gasteiger partial charge in [-0.1, -0.05) is 23.9 Å². The molecule has 1 amide bonds. The van der Waals surface area contributed by atoms with E-state index >= 15 is 0 Å². The molecular weight excluding hydrogens is 365 g/mol. The minimum Gasteiger partial charge on any atom is -0.337 e. The highest BCUT2D eigenvalue weighted by Gasteiger charge is 2.36. The molecule has 27 heavy (non-hydrogen) atoms. The molecule has 0 spiro atoms. The second-order valence-corrected chi connectivity index (χ2v) is 8.07. The minimum atomic E-state index is -0.722. The van der Waals surface area contributed by atoms with Crippen molar-refractivity contribution in [1.29, 1.82) is 5.26 Å². The smallest absolute Gasteiger partial charge is 0.231 e. The molecule has 0 atom stereocenters. The zero-order valence-corrected chi connectivity index (χ0v) is 15.6. The second-order valence-electron chi connectivity index (χ2n) is 7.13. The van der Waals surface area contributed by atoms with E-state index in [1.807, 2.05) is 4.57 Å². The molecule has 2 aliphatic rings. The van der Waals surface area contributed by atoms with Crippen LogP contribution >= 0.6 is 11.8 Å². The molecule has 0 bridgehead atoms. The number of nitrogens with zero attached hydrogens (tertiary/aromatic N) is 4. The van der Waals surface area contributed by atoms with Crippen molar-refractivity contribution in [3.8, 4) is 17.5 Å². The van der Waals surface area contributed by atoms with Gasteiger partial charge in [0.15, 0.2) is 11.0 Å². The van der Waals surface area contributed by atoms with E-state index in [1.54, 1.807) is 18.2 Å². The summed E-state index contributed by atoms with van der Waals surface area (Å²) < 4.78 is 16.1. The van der Waals surface area contributed by atoms with Gasteiger partial charge in [-0.05, 0) is 50.7 Å². The number of benzene rings is 1. The van der Waals surface area contributed by atoms with Crippen molar-refractivity contribution in [3.05, 3.63) is 30.1 Å². The Balaban J connectivity index is 1.49. The summed E-state index contributed by atoms with van der Waals surface area (Å²) in [7, 11) is 0. The average molecular weight is 385 g/mol. The first-order chi connectivity index (χ1) is 13.1. The van der Waals surface area contributed by atoms with Crippen molar-refractivity contribution in [2.75, 3.05) is 5.75 Å². The second kappa shape index (κ2) is 7.31. The number of aromatic nitrogens is 3. The Morgan fingerprint density at radius 1 is 1.33 bits per heavy atom. The molecule has 1 aromatic carbocycles. The van der Waals surface area contributed by atoms with Gasteiger partial charge < -0.3 is 5.32 Å². The summed E-state index contributed by atoms with van der Waals surface area (Å²) in [5.41, 5.74) is -0.303. The quantitative estimate of drug-likeness (QED) is 0.770. The third kappa shape index (κ3) is 3.69. The first kappa shape index (κ1) is 18.0. The maximum atomic E-state index is 14.2. The van der Waals surface area contributed by atoms with Gasteiger partial charge in [-0.3, -0.25) is 9.36 Å². The van der Waals surface area contributed by atoms with Crippen LogP contribution in [0.25, 0.3) is 11.4 Å². The van der Waals surface area contributed by atoms with Crippen molar-refractivity contribution >= 4 is 17.7 Å². The number of nitrogens with one attached hydrogen (secondary N) is 1. The van der Waals surface area contributed by atoms with E-state index in [2.05, 4.69) is 21.6 Å². The molecule has 0 unspecified atom stereocenters. The molecule has 1 heterocycles. The summed E-state index contributed by atoms with van der Waals surface area (Å²) in [6.45, 7) is 0. The van der Waals surface area contributed by atoms with Crippen molar-refractivity contribution in [2.45, 2.75) is 55.3 Å². The van der Waals surface area contributed by atoms with Crippen LogP contribution in [0.3, 0.4) is 0 Å². The van der Waals surface area contributed by atoms with Crippen LogP contribution in [-0.4, -0.2) is 32.0 Å². The topological polar surface area (TPSA) is 83.6 Å². The molecule has 0 aliphatic heterocycles. The maximum Gasteiger partial charge on any atom is 0.231 e. The summed E-state index contributed by atoms with van der Waals surface area (Å²) in [5.74, 6) is 0.147. The van der Waals surface area contributed by atoms with Gasteiger partial charge in [0.2, 0.25) is 5.91 Å². The fraction of sp³-hybridized carbons (Fsp3) is 0.474. The molecular formula is C19H20FN5OS. The van der Waals surface area contributed by atoms with Crippen LogP contribution in [0.2, 0.25) is 0 Å². The molecule has 6 nitrogen and oxygen atoms in total. The fourth-order valence-electron chi connectivity index (χ4n) is 3.54. The summed E-state index contributed by atoms with van der Waals surface area (Å²) in [6.07, 6.45) is 5.32. The van der Waals surface area contributed by atoms with Gasteiger partial charge in [0.25, 0.3) is 0 Å². The summed E-state index contributed by atoms with van der Waals surface area (Å²) in [5, 5.41) is 21.3. The van der Waals surface area contributed by atoms with Gasteiger partial charge in [-0.15, -0.1) is 10.2 Å². The van der Waals surface area contributed by atoms with E-state index < -0.39 is 5.54 Å². The number of hydrogen-bond donors (Lipinski definition) is 1. The lowest BCUT2D eigenvalue weighted by Gasteiger charge is -2.21. The van der Waals surface area contributed by atoms with E-state index in [9.17, 15) is 14.4 Å². The highest BCUT2D eigenvalue weighted by molar-refractivity contribution is 7.99. The highest BCUT2D eigenvalue weighted by atomic mass is 32.2. The first-order valence-electron chi connectivity index (χ1n) is 9.17. The number of amides is 1. The Labute approximate surface area is 161 Å². The van der Waals surface area contributed by atoms with E-state index in [0.29, 0.717) is 29.4 Å². The lowest BCUT2D eigenvalue weighted by atomic mass is 10.0. The van der Waals surface area contributed by atoms with E-state index in [1.165, 1.54) is 17.8 Å². The zero-order chi connectivity index (χ0) is 18.9. The van der Waals surface area contributed by atoms with Crippen molar-refractivity contribution in [3.63, 3.8) is 0 Å². The van der Waals surface area contributed by atoms with Gasteiger partial charge in [0.1, 0.15) is 11.4 Å². The number of carbonyl (C=O) groups is 1. The number of halogens is 1. The molecule has 0 radical (unpaired) electrons. The lowest BCUT2D eigenvalue weighted by molar-refractivity contribution is -0.119. The lowest BCUT2D eigenvalue weighted by Crippen LogP contribution is -2.45. The molecule has 8 heteroatoms. The van der Waals surface area contributed by atoms with Gasteiger partial charge >= 0.3 is 0 Å². The maximum absolute atomic E-state index is 14.2. The minimum absolute atomic E-state index is 0.158. The number of thioether (sulfide) groups is 1. The molecule has 0 saturated heterocycles. The van der Waals surface area contributed by atoms with Crippen LogP contribution in [0, 0.1) is 17.1 Å². The molecule has 140 valence electrons. The van der Waals surface area contributed by atoms with Gasteiger partial charge in [-0.25, -0.2) is 4.39 Å². The summed E-state index contributed by atoms with van der Waals surface area (Å²) in [4.78, 5) is 12.4. The molecule has 1 aromatic heterocycles. The molecule has 1 N–H and O–H groups in total. The fourth-order valence-corrected chi connectivity index (χ4v) is 4.35. The predicted molar refractivity (Wildman–Crippen MR) is 99.4 cm³/mol. The molecule has 2 saturated carbocycles. The Morgan fingerprint density at radius 2 is 2.07 bits per heavy atom. The normalized spacial score (nSPS) is 18.2. The van der Waals surface area contributed by atoms with Crippen LogP contribution in [-0.2, 0) is 4.79 Å². The van der Waals surface area contributed by atoms with Crippen molar-refractivity contribution in [2.24, 2.45) is 0 Å². The number of nitriles is 1. The van der Waals surface area contributed by atoms with Crippen LogP contribution in [0.5, 0.6) is 0 Å². The van der Waals surface area contributed by atoms with Crippen molar-refractivity contribution in [1.82, 2.24) is 20.1 Å². The Bertz CT molecular complexity index is 896. The first-order valence-corrected chi connectivity index (χ1v) is 10.2.